The number of carbonyl (C=O) groups excluding carboxylic acids is 1. The number of amides is 1. The van der Waals surface area contributed by atoms with Crippen molar-refractivity contribution in [3.8, 4) is 11.5 Å². The van der Waals surface area contributed by atoms with Gasteiger partial charge < -0.3 is 19.2 Å². The minimum absolute atomic E-state index is 0.117. The highest BCUT2D eigenvalue weighted by Gasteiger charge is 2.26. The van der Waals surface area contributed by atoms with E-state index in [1.54, 1.807) is 13.8 Å². The zero-order valence-corrected chi connectivity index (χ0v) is 15.7. The van der Waals surface area contributed by atoms with Crippen molar-refractivity contribution in [2.24, 2.45) is 0 Å². The summed E-state index contributed by atoms with van der Waals surface area (Å²) in [4.78, 5) is 23.6. The van der Waals surface area contributed by atoms with E-state index in [1.807, 2.05) is 30.3 Å². The van der Waals surface area contributed by atoms with Crippen LogP contribution in [0.1, 0.15) is 36.0 Å². The monoisotopic (exact) mass is 384 g/mol. The van der Waals surface area contributed by atoms with Crippen LogP contribution in [0, 0.1) is 10.1 Å². The van der Waals surface area contributed by atoms with E-state index in [-0.39, 0.29) is 22.7 Å². The molecule has 0 aliphatic heterocycles. The quantitative estimate of drug-likeness (QED) is 0.483. The first-order chi connectivity index (χ1) is 13.4. The maximum absolute atomic E-state index is 12.8. The van der Waals surface area contributed by atoms with Gasteiger partial charge in [-0.25, -0.2) is 0 Å². The van der Waals surface area contributed by atoms with E-state index in [2.05, 4.69) is 5.32 Å². The van der Waals surface area contributed by atoms with Crippen LogP contribution in [0.3, 0.4) is 0 Å². The van der Waals surface area contributed by atoms with Crippen LogP contribution in [0.25, 0.3) is 11.0 Å². The molecule has 1 heterocycles. The fourth-order valence-corrected chi connectivity index (χ4v) is 2.87. The van der Waals surface area contributed by atoms with Gasteiger partial charge in [-0.15, -0.1) is 0 Å². The van der Waals surface area contributed by atoms with Gasteiger partial charge in [0.15, 0.2) is 11.5 Å². The Morgan fingerprint density at radius 2 is 2.00 bits per heavy atom. The van der Waals surface area contributed by atoms with Crippen LogP contribution < -0.4 is 14.8 Å². The number of ether oxygens (including phenoxy) is 2. The lowest BCUT2D eigenvalue weighted by Crippen LogP contribution is -2.27. The van der Waals surface area contributed by atoms with Crippen LogP contribution in [-0.4, -0.2) is 24.5 Å². The summed E-state index contributed by atoms with van der Waals surface area (Å²) in [6.07, 6.45) is 0. The van der Waals surface area contributed by atoms with Crippen molar-refractivity contribution < 1.29 is 23.6 Å². The van der Waals surface area contributed by atoms with Crippen LogP contribution in [0.5, 0.6) is 11.5 Å². The van der Waals surface area contributed by atoms with Gasteiger partial charge in [-0.2, -0.15) is 0 Å². The fraction of sp³-hybridized carbons (Fsp3) is 0.250. The molecule has 0 saturated carbocycles. The Morgan fingerprint density at radius 1 is 1.25 bits per heavy atom. The largest absolute Gasteiger partial charge is 0.493 e. The van der Waals surface area contributed by atoms with Crippen LogP contribution in [0.15, 0.2) is 46.9 Å². The molecule has 0 saturated heterocycles. The van der Waals surface area contributed by atoms with E-state index >= 15 is 0 Å². The molecule has 1 N–H and O–H groups in total. The summed E-state index contributed by atoms with van der Waals surface area (Å²) in [7, 11) is 1.41. The number of hydrogen-bond acceptors (Lipinski definition) is 6. The standard InChI is InChI=1S/C20H20N2O6/c1-4-27-19-11-15(22(24)25)14(10-18(19)26-3)20(23)21-12(2)17-9-13-7-5-6-8-16(13)28-17/h5-12H,4H2,1-3H3,(H,21,23). The van der Waals surface area contributed by atoms with Crippen LogP contribution in [0.4, 0.5) is 5.69 Å². The lowest BCUT2D eigenvalue weighted by molar-refractivity contribution is -0.385. The molecule has 146 valence electrons. The number of nitro groups is 1. The maximum Gasteiger partial charge on any atom is 0.286 e. The van der Waals surface area contributed by atoms with Gasteiger partial charge >= 0.3 is 0 Å². The van der Waals surface area contributed by atoms with Gasteiger partial charge in [-0.3, -0.25) is 14.9 Å². The highest BCUT2D eigenvalue weighted by Crippen LogP contribution is 2.35. The molecular formula is C20H20N2O6. The fourth-order valence-electron chi connectivity index (χ4n) is 2.87. The summed E-state index contributed by atoms with van der Waals surface area (Å²) >= 11 is 0. The van der Waals surface area contributed by atoms with Crippen molar-refractivity contribution in [2.75, 3.05) is 13.7 Å². The summed E-state index contributed by atoms with van der Waals surface area (Å²) in [5, 5.41) is 15.1. The number of para-hydroxylation sites is 1. The van der Waals surface area contributed by atoms with E-state index in [9.17, 15) is 14.9 Å². The van der Waals surface area contributed by atoms with Gasteiger partial charge in [0.2, 0.25) is 0 Å². The highest BCUT2D eigenvalue weighted by atomic mass is 16.6. The summed E-state index contributed by atoms with van der Waals surface area (Å²) < 4.78 is 16.3. The molecule has 0 aliphatic rings. The number of fused-ring (bicyclic) bond motifs is 1. The maximum atomic E-state index is 12.8. The Kier molecular flexibility index (Phi) is 5.49. The van der Waals surface area contributed by atoms with Gasteiger partial charge in [0.25, 0.3) is 11.6 Å². The third-order valence-corrected chi connectivity index (χ3v) is 4.24. The zero-order valence-electron chi connectivity index (χ0n) is 15.7. The van der Waals surface area contributed by atoms with Crippen LogP contribution in [-0.2, 0) is 0 Å². The predicted molar refractivity (Wildman–Crippen MR) is 103 cm³/mol. The average molecular weight is 384 g/mol. The number of methoxy groups -OCH3 is 1. The van der Waals surface area contributed by atoms with Crippen molar-refractivity contribution >= 4 is 22.6 Å². The van der Waals surface area contributed by atoms with E-state index in [1.165, 1.54) is 19.2 Å². The number of rotatable bonds is 7. The molecule has 0 radical (unpaired) electrons. The molecule has 8 heteroatoms. The van der Waals surface area contributed by atoms with Crippen LogP contribution >= 0.6 is 0 Å². The number of carbonyl (C=O) groups is 1. The minimum Gasteiger partial charge on any atom is -0.493 e. The molecule has 3 rings (SSSR count). The molecule has 1 amide bonds. The Bertz CT molecular complexity index is 994. The molecule has 0 bridgehead atoms. The van der Waals surface area contributed by atoms with E-state index in [0.717, 1.165) is 5.39 Å². The van der Waals surface area contributed by atoms with Gasteiger partial charge in [0, 0.05) is 11.5 Å². The first-order valence-corrected chi connectivity index (χ1v) is 8.73. The molecule has 0 aliphatic carbocycles. The van der Waals surface area contributed by atoms with Gasteiger partial charge in [0.1, 0.15) is 16.9 Å². The SMILES string of the molecule is CCOc1cc([N+](=O)[O-])c(C(=O)NC(C)c2cc3ccccc3o2)cc1OC. The Morgan fingerprint density at radius 3 is 2.64 bits per heavy atom. The molecular weight excluding hydrogens is 364 g/mol. The molecule has 1 atom stereocenters. The van der Waals surface area contributed by atoms with E-state index in [0.29, 0.717) is 18.0 Å². The molecule has 0 fully saturated rings. The second kappa shape index (κ2) is 7.99. The van der Waals surface area contributed by atoms with Crippen molar-refractivity contribution in [2.45, 2.75) is 19.9 Å². The smallest absolute Gasteiger partial charge is 0.286 e. The second-order valence-corrected chi connectivity index (χ2v) is 6.09. The van der Waals surface area contributed by atoms with Gasteiger partial charge in [-0.1, -0.05) is 18.2 Å². The molecule has 8 nitrogen and oxygen atoms in total. The Labute approximate surface area is 161 Å². The highest BCUT2D eigenvalue weighted by molar-refractivity contribution is 5.99. The molecule has 1 unspecified atom stereocenters. The molecule has 3 aromatic rings. The topological polar surface area (TPSA) is 104 Å². The number of benzene rings is 2. The summed E-state index contributed by atoms with van der Waals surface area (Å²) in [5.41, 5.74) is 0.221. The van der Waals surface area contributed by atoms with Gasteiger partial charge in [0.05, 0.1) is 30.7 Å². The minimum atomic E-state index is -0.622. The first-order valence-electron chi connectivity index (χ1n) is 8.73. The lowest BCUT2D eigenvalue weighted by Gasteiger charge is -2.14. The number of furan rings is 1. The average Bonchev–Trinajstić information content (AvgIpc) is 3.12. The lowest BCUT2D eigenvalue weighted by atomic mass is 10.1. The van der Waals surface area contributed by atoms with Crippen molar-refractivity contribution in [1.29, 1.82) is 0 Å². The third kappa shape index (κ3) is 3.75. The van der Waals surface area contributed by atoms with Crippen molar-refractivity contribution in [3.63, 3.8) is 0 Å². The van der Waals surface area contributed by atoms with E-state index < -0.39 is 16.9 Å². The predicted octanol–water partition coefficient (Wildman–Crippen LogP) is 4.24. The summed E-state index contributed by atoms with van der Waals surface area (Å²) in [6, 6.07) is 11.3. The zero-order chi connectivity index (χ0) is 20.3. The summed E-state index contributed by atoms with van der Waals surface area (Å²) in [5.74, 6) is 0.392. The normalized spacial score (nSPS) is 11.8. The third-order valence-electron chi connectivity index (χ3n) is 4.24. The number of hydrogen-bond donors (Lipinski definition) is 1. The summed E-state index contributed by atoms with van der Waals surface area (Å²) in [6.45, 7) is 3.80. The van der Waals surface area contributed by atoms with Crippen LogP contribution in [0.2, 0.25) is 0 Å². The Balaban J connectivity index is 1.91. The first kappa shape index (κ1) is 19.2. The number of nitro benzene ring substituents is 1. The second-order valence-electron chi connectivity index (χ2n) is 6.09. The number of nitrogens with zero attached hydrogens (tertiary/aromatic N) is 1. The van der Waals surface area contributed by atoms with Gasteiger partial charge in [-0.05, 0) is 26.0 Å². The molecule has 28 heavy (non-hydrogen) atoms. The van der Waals surface area contributed by atoms with Crippen molar-refractivity contribution in [3.05, 3.63) is 63.9 Å². The van der Waals surface area contributed by atoms with Crippen molar-refractivity contribution in [1.82, 2.24) is 5.32 Å². The molecule has 2 aromatic carbocycles. The Hall–Kier alpha value is -3.55. The molecule has 0 spiro atoms. The molecule has 1 aromatic heterocycles. The van der Waals surface area contributed by atoms with E-state index in [4.69, 9.17) is 13.9 Å². The number of nitrogens with one attached hydrogen (secondary N) is 1.